The van der Waals surface area contributed by atoms with E-state index in [1.54, 1.807) is 55.5 Å². The van der Waals surface area contributed by atoms with E-state index >= 15 is 0 Å². The van der Waals surface area contributed by atoms with Crippen LogP contribution in [0.25, 0.3) is 0 Å². The van der Waals surface area contributed by atoms with Gasteiger partial charge in [-0.2, -0.15) is 0 Å². The van der Waals surface area contributed by atoms with Gasteiger partial charge in [-0.05, 0) is 58.0 Å². The van der Waals surface area contributed by atoms with Crippen LogP contribution >= 0.6 is 11.6 Å². The number of carbonyl (C=O) groups excluding carboxylic acids is 2. The number of nitrogens with one attached hydrogen (secondary N) is 2. The summed E-state index contributed by atoms with van der Waals surface area (Å²) >= 11 is 5.92. The molecule has 2 aromatic rings. The van der Waals surface area contributed by atoms with Crippen LogP contribution in [0.5, 0.6) is 5.75 Å². The number of para-hydroxylation sites is 1. The summed E-state index contributed by atoms with van der Waals surface area (Å²) in [4.78, 5) is 24.9. The highest BCUT2D eigenvalue weighted by Crippen LogP contribution is 2.20. The molecule has 0 saturated heterocycles. The van der Waals surface area contributed by atoms with Gasteiger partial charge in [-0.3, -0.25) is 9.59 Å². The molecule has 2 amide bonds. The normalized spacial score (nSPS) is 12.2. The molecular formula is C20H23ClN2O3. The van der Waals surface area contributed by atoms with Crippen molar-refractivity contribution < 1.29 is 14.3 Å². The van der Waals surface area contributed by atoms with E-state index in [-0.39, 0.29) is 17.4 Å². The zero-order valence-corrected chi connectivity index (χ0v) is 16.1. The van der Waals surface area contributed by atoms with E-state index in [2.05, 4.69) is 10.6 Å². The maximum atomic E-state index is 12.5. The Morgan fingerprint density at radius 1 is 1.08 bits per heavy atom. The molecule has 0 aliphatic heterocycles. The van der Waals surface area contributed by atoms with Crippen LogP contribution in [0.2, 0.25) is 5.02 Å². The third kappa shape index (κ3) is 5.77. The molecule has 6 heteroatoms. The van der Waals surface area contributed by atoms with Gasteiger partial charge in [0, 0.05) is 10.6 Å². The van der Waals surface area contributed by atoms with Gasteiger partial charge in [0.1, 0.15) is 5.75 Å². The van der Waals surface area contributed by atoms with E-state index in [9.17, 15) is 9.59 Å². The first kappa shape index (κ1) is 19.8. The minimum absolute atomic E-state index is 0.253. The quantitative estimate of drug-likeness (QED) is 0.821. The molecule has 0 fully saturated rings. The molecule has 5 nitrogen and oxygen atoms in total. The summed E-state index contributed by atoms with van der Waals surface area (Å²) in [6.45, 7) is 7.32. The van der Waals surface area contributed by atoms with E-state index in [1.807, 2.05) is 20.8 Å². The van der Waals surface area contributed by atoms with E-state index in [4.69, 9.17) is 16.3 Å². The molecule has 2 aromatic carbocycles. The fourth-order valence-electron chi connectivity index (χ4n) is 2.23. The minimum Gasteiger partial charge on any atom is -0.481 e. The molecule has 0 unspecified atom stereocenters. The Bertz CT molecular complexity index is 800. The summed E-state index contributed by atoms with van der Waals surface area (Å²) in [7, 11) is 0. The Balaban J connectivity index is 2.10. The zero-order valence-electron chi connectivity index (χ0n) is 15.3. The smallest absolute Gasteiger partial charge is 0.265 e. The third-order valence-corrected chi connectivity index (χ3v) is 3.63. The van der Waals surface area contributed by atoms with Crippen LogP contribution in [-0.2, 0) is 4.79 Å². The lowest BCUT2D eigenvalue weighted by molar-refractivity contribution is -0.122. The van der Waals surface area contributed by atoms with Crippen molar-refractivity contribution in [3.63, 3.8) is 0 Å². The minimum atomic E-state index is -0.757. The number of halogens is 1. The van der Waals surface area contributed by atoms with Crippen molar-refractivity contribution in [1.29, 1.82) is 0 Å². The van der Waals surface area contributed by atoms with Crippen molar-refractivity contribution in [3.05, 3.63) is 59.1 Å². The predicted octanol–water partition coefficient (Wildman–Crippen LogP) is 4.27. The standard InChI is InChI=1S/C20H23ClN2O3/c1-13(26-15-9-7-8-14(21)12-15)18(24)22-17-11-6-5-10-16(17)19(25)23-20(2,3)4/h5-13H,1-4H3,(H,22,24)(H,23,25)/t13-/m1/s1. The molecule has 0 heterocycles. The number of hydrogen-bond acceptors (Lipinski definition) is 3. The highest BCUT2D eigenvalue weighted by molar-refractivity contribution is 6.30. The van der Waals surface area contributed by atoms with Crippen molar-refractivity contribution in [2.75, 3.05) is 5.32 Å². The fraction of sp³-hybridized carbons (Fsp3) is 0.300. The van der Waals surface area contributed by atoms with Crippen LogP contribution in [0.15, 0.2) is 48.5 Å². The summed E-state index contributed by atoms with van der Waals surface area (Å²) < 4.78 is 5.61. The van der Waals surface area contributed by atoms with Gasteiger partial charge in [0.25, 0.3) is 11.8 Å². The number of carbonyl (C=O) groups is 2. The number of benzene rings is 2. The van der Waals surface area contributed by atoms with Gasteiger partial charge < -0.3 is 15.4 Å². The maximum Gasteiger partial charge on any atom is 0.265 e. The maximum absolute atomic E-state index is 12.5. The van der Waals surface area contributed by atoms with Crippen LogP contribution in [0.3, 0.4) is 0 Å². The van der Waals surface area contributed by atoms with Crippen molar-refractivity contribution in [2.45, 2.75) is 39.3 Å². The SMILES string of the molecule is C[C@@H](Oc1cccc(Cl)c1)C(=O)Nc1ccccc1C(=O)NC(C)(C)C. The molecule has 138 valence electrons. The van der Waals surface area contributed by atoms with E-state index in [0.29, 0.717) is 22.0 Å². The molecule has 0 aliphatic rings. The Morgan fingerprint density at radius 3 is 2.42 bits per heavy atom. The Hall–Kier alpha value is -2.53. The van der Waals surface area contributed by atoms with Gasteiger partial charge in [-0.1, -0.05) is 29.8 Å². The second kappa shape index (κ2) is 8.23. The highest BCUT2D eigenvalue weighted by atomic mass is 35.5. The van der Waals surface area contributed by atoms with E-state index < -0.39 is 6.10 Å². The highest BCUT2D eigenvalue weighted by Gasteiger charge is 2.21. The Kier molecular flexibility index (Phi) is 6.27. The average molecular weight is 375 g/mol. The lowest BCUT2D eigenvalue weighted by atomic mass is 10.1. The fourth-order valence-corrected chi connectivity index (χ4v) is 2.41. The summed E-state index contributed by atoms with van der Waals surface area (Å²) in [5, 5.41) is 6.17. The molecule has 26 heavy (non-hydrogen) atoms. The number of anilines is 1. The Morgan fingerprint density at radius 2 is 1.77 bits per heavy atom. The molecule has 0 saturated carbocycles. The van der Waals surface area contributed by atoms with Crippen molar-refractivity contribution in [1.82, 2.24) is 5.32 Å². The molecule has 1 atom stereocenters. The van der Waals surface area contributed by atoms with Crippen LogP contribution in [0, 0.1) is 0 Å². The molecule has 0 aliphatic carbocycles. The first-order valence-corrected chi connectivity index (χ1v) is 8.68. The van der Waals surface area contributed by atoms with Crippen LogP contribution < -0.4 is 15.4 Å². The number of ether oxygens (including phenoxy) is 1. The second-order valence-electron chi connectivity index (χ2n) is 6.96. The van der Waals surface area contributed by atoms with Crippen molar-refractivity contribution in [3.8, 4) is 5.75 Å². The van der Waals surface area contributed by atoms with Crippen LogP contribution in [0.4, 0.5) is 5.69 Å². The van der Waals surface area contributed by atoms with Crippen molar-refractivity contribution in [2.24, 2.45) is 0 Å². The average Bonchev–Trinajstić information content (AvgIpc) is 2.53. The van der Waals surface area contributed by atoms with Gasteiger partial charge >= 0.3 is 0 Å². The lowest BCUT2D eigenvalue weighted by Crippen LogP contribution is -2.41. The van der Waals surface area contributed by atoms with E-state index in [0.717, 1.165) is 0 Å². The monoisotopic (exact) mass is 374 g/mol. The lowest BCUT2D eigenvalue weighted by Gasteiger charge is -2.22. The second-order valence-corrected chi connectivity index (χ2v) is 7.39. The summed E-state index contributed by atoms with van der Waals surface area (Å²) in [5.74, 6) is -0.114. The van der Waals surface area contributed by atoms with Crippen molar-refractivity contribution >= 4 is 29.1 Å². The zero-order chi connectivity index (χ0) is 19.3. The van der Waals surface area contributed by atoms with Crippen LogP contribution in [-0.4, -0.2) is 23.5 Å². The summed E-state index contributed by atoms with van der Waals surface area (Å²) in [6.07, 6.45) is -0.757. The first-order valence-electron chi connectivity index (χ1n) is 8.30. The summed E-state index contributed by atoms with van der Waals surface area (Å²) in [5.41, 5.74) is 0.448. The molecule has 0 bridgehead atoms. The molecular weight excluding hydrogens is 352 g/mol. The summed E-state index contributed by atoms with van der Waals surface area (Å²) in [6, 6.07) is 13.7. The molecule has 2 rings (SSSR count). The van der Waals surface area contributed by atoms with Gasteiger partial charge in [-0.25, -0.2) is 0 Å². The molecule has 0 spiro atoms. The topological polar surface area (TPSA) is 67.4 Å². The van der Waals surface area contributed by atoms with Gasteiger partial charge in [0.05, 0.1) is 11.3 Å². The number of hydrogen-bond donors (Lipinski definition) is 2. The van der Waals surface area contributed by atoms with Gasteiger partial charge in [-0.15, -0.1) is 0 Å². The first-order chi connectivity index (χ1) is 12.2. The number of rotatable bonds is 5. The molecule has 0 aromatic heterocycles. The number of amides is 2. The van der Waals surface area contributed by atoms with E-state index in [1.165, 1.54) is 0 Å². The van der Waals surface area contributed by atoms with Gasteiger partial charge in [0.15, 0.2) is 6.10 Å². The van der Waals surface area contributed by atoms with Gasteiger partial charge in [0.2, 0.25) is 0 Å². The largest absolute Gasteiger partial charge is 0.481 e. The Labute approximate surface area is 158 Å². The molecule has 0 radical (unpaired) electrons. The third-order valence-electron chi connectivity index (χ3n) is 3.40. The predicted molar refractivity (Wildman–Crippen MR) is 104 cm³/mol. The van der Waals surface area contributed by atoms with Crippen LogP contribution in [0.1, 0.15) is 38.1 Å². The molecule has 2 N–H and O–H groups in total.